The van der Waals surface area contributed by atoms with Gasteiger partial charge in [0.05, 0.1) is 0 Å². The maximum absolute atomic E-state index is 5.90. The minimum Gasteiger partial charge on any atom is -0.118 e. The van der Waals surface area contributed by atoms with Crippen molar-refractivity contribution in [2.75, 3.05) is 0 Å². The Morgan fingerprint density at radius 2 is 1.67 bits per heavy atom. The van der Waals surface area contributed by atoms with E-state index in [9.17, 15) is 0 Å². The quantitative estimate of drug-likeness (QED) is 0.439. The van der Waals surface area contributed by atoms with E-state index in [4.69, 9.17) is 12.8 Å². The third-order valence-corrected chi connectivity index (χ3v) is 5.76. The fourth-order valence-corrected chi connectivity index (χ4v) is 4.85. The molecule has 0 aromatic carbocycles. The van der Waals surface area contributed by atoms with Crippen LogP contribution >= 0.6 is 0 Å². The van der Waals surface area contributed by atoms with E-state index < -0.39 is 0 Å². The molecule has 0 N–H and O–H groups in total. The molecule has 0 saturated heterocycles. The van der Waals surface area contributed by atoms with Crippen molar-refractivity contribution in [3.8, 4) is 24.7 Å². The minimum atomic E-state index is -0.287. The topological polar surface area (TPSA) is 0 Å². The van der Waals surface area contributed by atoms with Gasteiger partial charge in [-0.05, 0) is 37.0 Å². The third kappa shape index (κ3) is 1.42. The van der Waals surface area contributed by atoms with E-state index in [1.807, 2.05) is 0 Å². The molecule has 3 aliphatic rings. The van der Waals surface area contributed by atoms with Gasteiger partial charge in [0.15, 0.2) is 0 Å². The summed E-state index contributed by atoms with van der Waals surface area (Å²) in [4.78, 5) is 0. The predicted octanol–water partition coefficient (Wildman–Crippen LogP) is 4.18. The molecule has 0 aromatic rings. The van der Waals surface area contributed by atoms with Crippen molar-refractivity contribution in [3.05, 3.63) is 12.2 Å². The van der Waals surface area contributed by atoms with Crippen molar-refractivity contribution < 1.29 is 0 Å². The molecule has 0 radical (unpaired) electrons. The fraction of sp³-hybridized carbons (Fsp3) is 0.667. The molecule has 3 rings (SSSR count). The van der Waals surface area contributed by atoms with Crippen LogP contribution in [0.5, 0.6) is 0 Å². The molecular formula is C18H22. The van der Waals surface area contributed by atoms with Crippen LogP contribution in [0.3, 0.4) is 0 Å². The highest BCUT2D eigenvalue weighted by Crippen LogP contribution is 2.61. The Morgan fingerprint density at radius 1 is 0.944 bits per heavy atom. The summed E-state index contributed by atoms with van der Waals surface area (Å²) in [6, 6.07) is 0. The number of hydrogen-bond donors (Lipinski definition) is 0. The second-order valence-corrected chi connectivity index (χ2v) is 6.40. The summed E-state index contributed by atoms with van der Waals surface area (Å²) in [5.41, 5.74) is 0.0399. The standard InChI is InChI=1S/C18H22/c1-3-18(4-2)15-9-8-10-16(18)17(14-11-15)12-6-5-7-13-17/h1-2,11,14-16H,5-10,12-13H2/t15-,16+/m1/s1. The molecule has 2 saturated carbocycles. The molecule has 0 aliphatic heterocycles. The number of hydrogen-bond acceptors (Lipinski definition) is 0. The largest absolute Gasteiger partial charge is 0.118 e. The highest BCUT2D eigenvalue weighted by Gasteiger charge is 2.55. The van der Waals surface area contributed by atoms with Crippen molar-refractivity contribution in [1.82, 2.24) is 0 Å². The van der Waals surface area contributed by atoms with Crippen LogP contribution in [0.25, 0.3) is 0 Å². The molecule has 0 unspecified atom stereocenters. The van der Waals surface area contributed by atoms with Crippen LogP contribution < -0.4 is 0 Å². The van der Waals surface area contributed by atoms with Crippen LogP contribution in [-0.4, -0.2) is 0 Å². The highest BCUT2D eigenvalue weighted by molar-refractivity contribution is 5.35. The van der Waals surface area contributed by atoms with Crippen LogP contribution in [0, 0.1) is 47.4 Å². The van der Waals surface area contributed by atoms with Gasteiger partial charge in [-0.25, -0.2) is 0 Å². The van der Waals surface area contributed by atoms with Crippen molar-refractivity contribution in [3.63, 3.8) is 0 Å². The average Bonchev–Trinajstić information content (AvgIpc) is 2.44. The first kappa shape index (κ1) is 11.9. The SMILES string of the molecule is C#CC1(C#C)[C@H]2C=CC3(CCCCC3)[C@@H]1CCC2. The Bertz CT molecular complexity index is 420. The number of terminal acetylenes is 2. The minimum absolute atomic E-state index is 0.287. The van der Waals surface area contributed by atoms with E-state index in [2.05, 4.69) is 24.0 Å². The van der Waals surface area contributed by atoms with Gasteiger partial charge in [0.1, 0.15) is 5.41 Å². The molecule has 2 fully saturated rings. The van der Waals surface area contributed by atoms with Crippen molar-refractivity contribution in [2.24, 2.45) is 22.7 Å². The number of rotatable bonds is 0. The van der Waals surface area contributed by atoms with Crippen LogP contribution in [0.2, 0.25) is 0 Å². The summed E-state index contributed by atoms with van der Waals surface area (Å²) in [6.45, 7) is 0. The molecule has 0 nitrogen and oxygen atoms in total. The zero-order valence-corrected chi connectivity index (χ0v) is 11.1. The molecule has 2 bridgehead atoms. The van der Waals surface area contributed by atoms with E-state index in [1.54, 1.807) is 0 Å². The fourth-order valence-electron chi connectivity index (χ4n) is 4.85. The Balaban J connectivity index is 2.08. The molecule has 94 valence electrons. The van der Waals surface area contributed by atoms with Crippen molar-refractivity contribution in [2.45, 2.75) is 51.4 Å². The lowest BCUT2D eigenvalue weighted by Gasteiger charge is -2.55. The Hall–Kier alpha value is -1.14. The van der Waals surface area contributed by atoms with Crippen molar-refractivity contribution in [1.29, 1.82) is 0 Å². The molecule has 2 atom stereocenters. The van der Waals surface area contributed by atoms with Gasteiger partial charge < -0.3 is 0 Å². The Morgan fingerprint density at radius 3 is 2.33 bits per heavy atom. The average molecular weight is 238 g/mol. The third-order valence-electron chi connectivity index (χ3n) is 5.76. The summed E-state index contributed by atoms with van der Waals surface area (Å²) in [5, 5.41) is 0. The van der Waals surface area contributed by atoms with Crippen molar-refractivity contribution >= 4 is 0 Å². The van der Waals surface area contributed by atoms with E-state index in [-0.39, 0.29) is 5.41 Å². The molecule has 3 aliphatic carbocycles. The van der Waals surface area contributed by atoms with Crippen LogP contribution in [-0.2, 0) is 0 Å². The summed E-state index contributed by atoms with van der Waals surface area (Å²) < 4.78 is 0. The number of fused-ring (bicyclic) bond motifs is 3. The second kappa shape index (κ2) is 4.20. The highest BCUT2D eigenvalue weighted by atomic mass is 14.6. The zero-order valence-electron chi connectivity index (χ0n) is 11.1. The van der Waals surface area contributed by atoms with Gasteiger partial charge in [-0.3, -0.25) is 0 Å². The summed E-state index contributed by atoms with van der Waals surface area (Å²) >= 11 is 0. The first-order chi connectivity index (χ1) is 8.77. The number of allylic oxidation sites excluding steroid dienone is 2. The smallest absolute Gasteiger partial charge is 0.101 e. The van der Waals surface area contributed by atoms with Gasteiger partial charge in [-0.15, -0.1) is 12.8 Å². The van der Waals surface area contributed by atoms with Gasteiger partial charge in [-0.2, -0.15) is 0 Å². The summed E-state index contributed by atoms with van der Waals surface area (Å²) in [6.07, 6.45) is 27.1. The molecule has 0 amide bonds. The van der Waals surface area contributed by atoms with Gasteiger partial charge in [0.25, 0.3) is 0 Å². The van der Waals surface area contributed by atoms with Gasteiger partial charge in [0.2, 0.25) is 0 Å². The molecular weight excluding hydrogens is 216 g/mol. The Labute approximate surface area is 111 Å². The van der Waals surface area contributed by atoms with Crippen LogP contribution in [0.15, 0.2) is 12.2 Å². The molecule has 1 spiro atoms. The normalized spacial score (nSPS) is 35.7. The monoisotopic (exact) mass is 238 g/mol. The van der Waals surface area contributed by atoms with Crippen LogP contribution in [0.4, 0.5) is 0 Å². The van der Waals surface area contributed by atoms with E-state index in [0.29, 0.717) is 17.3 Å². The lowest BCUT2D eigenvalue weighted by Crippen LogP contribution is -2.50. The first-order valence-electron chi connectivity index (χ1n) is 7.42. The van der Waals surface area contributed by atoms with Gasteiger partial charge in [-0.1, -0.05) is 49.7 Å². The Kier molecular flexibility index (Phi) is 2.79. The zero-order chi connectivity index (χ0) is 12.6. The second-order valence-electron chi connectivity index (χ2n) is 6.40. The molecule has 0 heterocycles. The van der Waals surface area contributed by atoms with E-state index in [0.717, 1.165) is 0 Å². The summed E-state index contributed by atoms with van der Waals surface area (Å²) in [7, 11) is 0. The molecule has 0 aromatic heterocycles. The predicted molar refractivity (Wildman–Crippen MR) is 75.6 cm³/mol. The summed E-state index contributed by atoms with van der Waals surface area (Å²) in [5.74, 6) is 7.07. The van der Waals surface area contributed by atoms with Crippen LogP contribution in [0.1, 0.15) is 51.4 Å². The lowest BCUT2D eigenvalue weighted by atomic mass is 9.47. The molecule has 0 heteroatoms. The molecule has 18 heavy (non-hydrogen) atoms. The van der Waals surface area contributed by atoms with Gasteiger partial charge in [0, 0.05) is 5.92 Å². The van der Waals surface area contributed by atoms with Gasteiger partial charge >= 0.3 is 0 Å². The first-order valence-corrected chi connectivity index (χ1v) is 7.42. The maximum Gasteiger partial charge on any atom is 0.101 e. The van der Waals surface area contributed by atoms with E-state index >= 15 is 0 Å². The van der Waals surface area contributed by atoms with E-state index in [1.165, 1.54) is 51.4 Å². The lowest BCUT2D eigenvalue weighted by molar-refractivity contribution is 0.0217. The maximum atomic E-state index is 5.90.